The highest BCUT2D eigenvalue weighted by Gasteiger charge is 2.19. The average Bonchev–Trinajstić information content (AvgIpc) is 3.29. The van der Waals surface area contributed by atoms with E-state index in [1.165, 1.54) is 6.07 Å². The highest BCUT2D eigenvalue weighted by atomic mass is 16.4. The lowest BCUT2D eigenvalue weighted by atomic mass is 10.1. The lowest BCUT2D eigenvalue weighted by molar-refractivity contribution is 0.0694. The zero-order chi connectivity index (χ0) is 19.4. The Balaban J connectivity index is 1.58. The Kier molecular flexibility index (Phi) is 5.40. The molecule has 2 heterocycles. The molecule has 2 aromatic heterocycles. The Hall–Kier alpha value is -3.35. The average molecular weight is 368 g/mol. The lowest BCUT2D eigenvalue weighted by Gasteiger charge is -2.00. The van der Waals surface area contributed by atoms with Crippen molar-refractivity contribution in [3.05, 3.63) is 64.9 Å². The van der Waals surface area contributed by atoms with Gasteiger partial charge in [0, 0.05) is 31.0 Å². The quantitative estimate of drug-likeness (QED) is 0.661. The summed E-state index contributed by atoms with van der Waals surface area (Å²) in [5.41, 5.74) is 2.77. The maximum absolute atomic E-state index is 12.2. The van der Waals surface area contributed by atoms with Gasteiger partial charge in [-0.15, -0.1) is 0 Å². The molecule has 0 aliphatic carbocycles. The predicted octanol–water partition coefficient (Wildman–Crippen LogP) is 3.48. The first-order chi connectivity index (χ1) is 13.0. The molecule has 0 bridgehead atoms. The Bertz CT molecular complexity index is 953. The second-order valence-electron chi connectivity index (χ2n) is 6.12. The van der Waals surface area contributed by atoms with Crippen LogP contribution in [0.25, 0.3) is 11.5 Å². The number of nitrogens with zero attached hydrogens (tertiary/aromatic N) is 1. The summed E-state index contributed by atoms with van der Waals surface area (Å²) in [4.78, 5) is 27.7. The van der Waals surface area contributed by atoms with Crippen LogP contribution in [0.15, 0.2) is 45.4 Å². The van der Waals surface area contributed by atoms with Crippen LogP contribution in [-0.4, -0.2) is 28.5 Å². The molecule has 0 aliphatic heterocycles. The second-order valence-corrected chi connectivity index (χ2v) is 6.12. The standard InChI is InChI=1S/C20H20N2O5/c1-3-16-15(20(24)25)10-17(27-16)18(23)21-9-8-14-11-26-19(22-14)13-6-4-12(2)5-7-13/h4-7,10-11H,3,8-9H2,1-2H3,(H,21,23)(H,24,25). The number of rotatable bonds is 7. The number of aryl methyl sites for hydroxylation is 2. The van der Waals surface area contributed by atoms with Crippen molar-refractivity contribution in [3.63, 3.8) is 0 Å². The van der Waals surface area contributed by atoms with E-state index in [0.717, 1.165) is 11.1 Å². The second kappa shape index (κ2) is 7.90. The molecule has 0 saturated carbocycles. The van der Waals surface area contributed by atoms with Crippen molar-refractivity contribution in [3.8, 4) is 11.5 Å². The van der Waals surface area contributed by atoms with E-state index in [4.69, 9.17) is 13.9 Å². The van der Waals surface area contributed by atoms with Crippen LogP contribution in [-0.2, 0) is 12.8 Å². The summed E-state index contributed by atoms with van der Waals surface area (Å²) in [5.74, 6) is -0.766. The van der Waals surface area contributed by atoms with Crippen LogP contribution in [0.3, 0.4) is 0 Å². The van der Waals surface area contributed by atoms with Crippen molar-refractivity contribution >= 4 is 11.9 Å². The molecule has 1 amide bonds. The number of furan rings is 1. The topological polar surface area (TPSA) is 106 Å². The Morgan fingerprint density at radius 1 is 1.22 bits per heavy atom. The SMILES string of the molecule is CCc1oc(C(=O)NCCc2coc(-c3ccc(C)cc3)n2)cc1C(=O)O. The minimum atomic E-state index is -1.11. The van der Waals surface area contributed by atoms with E-state index in [2.05, 4.69) is 10.3 Å². The third kappa shape index (κ3) is 4.25. The zero-order valence-corrected chi connectivity index (χ0v) is 15.1. The van der Waals surface area contributed by atoms with Gasteiger partial charge in [0.1, 0.15) is 17.6 Å². The van der Waals surface area contributed by atoms with Crippen LogP contribution in [0.2, 0.25) is 0 Å². The predicted molar refractivity (Wildman–Crippen MR) is 97.8 cm³/mol. The molecule has 3 rings (SSSR count). The summed E-state index contributed by atoms with van der Waals surface area (Å²) < 4.78 is 10.8. The van der Waals surface area contributed by atoms with Crippen molar-refractivity contribution in [2.75, 3.05) is 6.54 Å². The van der Waals surface area contributed by atoms with Crippen molar-refractivity contribution in [1.29, 1.82) is 0 Å². The summed E-state index contributed by atoms with van der Waals surface area (Å²) >= 11 is 0. The van der Waals surface area contributed by atoms with Gasteiger partial charge in [0.25, 0.3) is 5.91 Å². The molecule has 0 radical (unpaired) electrons. The first kappa shape index (κ1) is 18.4. The van der Waals surface area contributed by atoms with Gasteiger partial charge in [0.15, 0.2) is 5.76 Å². The van der Waals surface area contributed by atoms with Gasteiger partial charge in [0.05, 0.1) is 5.69 Å². The molecule has 0 saturated heterocycles. The third-order valence-electron chi connectivity index (χ3n) is 4.10. The minimum absolute atomic E-state index is 0.00949. The molecule has 7 nitrogen and oxygen atoms in total. The number of carboxylic acids is 1. The number of carbonyl (C=O) groups excluding carboxylic acids is 1. The number of hydrogen-bond acceptors (Lipinski definition) is 5. The van der Waals surface area contributed by atoms with Gasteiger partial charge in [-0.05, 0) is 19.1 Å². The summed E-state index contributed by atoms with van der Waals surface area (Å²) in [7, 11) is 0. The molecule has 0 atom stereocenters. The van der Waals surface area contributed by atoms with E-state index in [0.29, 0.717) is 31.0 Å². The monoisotopic (exact) mass is 368 g/mol. The largest absolute Gasteiger partial charge is 0.478 e. The summed E-state index contributed by atoms with van der Waals surface area (Å²) in [6, 6.07) is 9.10. The van der Waals surface area contributed by atoms with Crippen LogP contribution in [0.5, 0.6) is 0 Å². The van der Waals surface area contributed by atoms with E-state index < -0.39 is 11.9 Å². The first-order valence-electron chi connectivity index (χ1n) is 8.63. The fourth-order valence-corrected chi connectivity index (χ4v) is 2.63. The first-order valence-corrected chi connectivity index (χ1v) is 8.63. The van der Waals surface area contributed by atoms with Crippen LogP contribution >= 0.6 is 0 Å². The van der Waals surface area contributed by atoms with Crippen molar-refractivity contribution in [2.45, 2.75) is 26.7 Å². The Morgan fingerprint density at radius 3 is 2.59 bits per heavy atom. The maximum Gasteiger partial charge on any atom is 0.339 e. The van der Waals surface area contributed by atoms with Crippen molar-refractivity contribution in [1.82, 2.24) is 10.3 Å². The summed E-state index contributed by atoms with van der Waals surface area (Å²) in [6.07, 6.45) is 2.44. The molecule has 0 aliphatic rings. The molecule has 140 valence electrons. The lowest BCUT2D eigenvalue weighted by Crippen LogP contribution is -2.25. The number of aromatic carboxylic acids is 1. The number of benzene rings is 1. The maximum atomic E-state index is 12.2. The smallest absolute Gasteiger partial charge is 0.339 e. The summed E-state index contributed by atoms with van der Waals surface area (Å²) in [6.45, 7) is 4.10. The van der Waals surface area contributed by atoms with Crippen LogP contribution in [0.1, 0.15) is 44.9 Å². The van der Waals surface area contributed by atoms with E-state index in [1.807, 2.05) is 31.2 Å². The van der Waals surface area contributed by atoms with Gasteiger partial charge in [-0.25, -0.2) is 9.78 Å². The van der Waals surface area contributed by atoms with E-state index in [-0.39, 0.29) is 17.1 Å². The number of aromatic nitrogens is 1. The van der Waals surface area contributed by atoms with Crippen LogP contribution < -0.4 is 5.32 Å². The van der Waals surface area contributed by atoms with Gasteiger partial charge >= 0.3 is 5.97 Å². The highest BCUT2D eigenvalue weighted by Crippen LogP contribution is 2.19. The molecule has 0 unspecified atom stereocenters. The number of amides is 1. The van der Waals surface area contributed by atoms with Crippen LogP contribution in [0.4, 0.5) is 0 Å². The molecule has 0 spiro atoms. The number of carbonyl (C=O) groups is 2. The van der Waals surface area contributed by atoms with Crippen molar-refractivity contribution < 1.29 is 23.5 Å². The molecule has 2 N–H and O–H groups in total. The molecule has 7 heteroatoms. The van der Waals surface area contributed by atoms with Gasteiger partial charge in [-0.2, -0.15) is 0 Å². The van der Waals surface area contributed by atoms with Crippen LogP contribution in [0, 0.1) is 6.92 Å². The molecule has 3 aromatic rings. The van der Waals surface area contributed by atoms with Gasteiger partial charge in [-0.1, -0.05) is 24.6 Å². The summed E-state index contributed by atoms with van der Waals surface area (Å²) in [5, 5.41) is 11.8. The number of carboxylic acid groups (broad SMARTS) is 1. The Labute approximate surface area is 156 Å². The fraction of sp³-hybridized carbons (Fsp3) is 0.250. The molecular weight excluding hydrogens is 348 g/mol. The molecule has 0 fully saturated rings. The van der Waals surface area contributed by atoms with E-state index in [9.17, 15) is 9.59 Å². The fourth-order valence-electron chi connectivity index (χ4n) is 2.63. The minimum Gasteiger partial charge on any atom is -0.478 e. The highest BCUT2D eigenvalue weighted by molar-refractivity contribution is 5.96. The molecular formula is C20H20N2O5. The molecule has 27 heavy (non-hydrogen) atoms. The van der Waals surface area contributed by atoms with E-state index in [1.54, 1.807) is 13.2 Å². The normalized spacial score (nSPS) is 10.7. The number of hydrogen-bond donors (Lipinski definition) is 2. The Morgan fingerprint density at radius 2 is 1.96 bits per heavy atom. The van der Waals surface area contributed by atoms with Gasteiger partial charge < -0.3 is 19.3 Å². The van der Waals surface area contributed by atoms with Gasteiger partial charge in [-0.3, -0.25) is 4.79 Å². The van der Waals surface area contributed by atoms with Crippen molar-refractivity contribution in [2.24, 2.45) is 0 Å². The number of nitrogens with one attached hydrogen (secondary N) is 1. The van der Waals surface area contributed by atoms with E-state index >= 15 is 0 Å². The third-order valence-corrected chi connectivity index (χ3v) is 4.10. The molecule has 1 aromatic carbocycles. The zero-order valence-electron chi connectivity index (χ0n) is 15.1. The number of oxazole rings is 1. The van der Waals surface area contributed by atoms with Gasteiger partial charge in [0.2, 0.25) is 5.89 Å².